The lowest BCUT2D eigenvalue weighted by Gasteiger charge is -2.31. The number of carboxylic acid groups (broad SMARTS) is 1. The number of hydrogen-bond acceptors (Lipinski definition) is 2. The van der Waals surface area contributed by atoms with Gasteiger partial charge in [0.15, 0.2) is 0 Å². The molecule has 0 aromatic heterocycles. The van der Waals surface area contributed by atoms with Gasteiger partial charge in [-0.05, 0) is 39.0 Å². The topological polar surface area (TPSA) is 78.4 Å². The minimum absolute atomic E-state index is 0.197. The number of carbonyl (C=O) groups is 2. The summed E-state index contributed by atoms with van der Waals surface area (Å²) in [6.45, 7) is 5.41. The summed E-state index contributed by atoms with van der Waals surface area (Å²) in [6.07, 6.45) is 7.07. The predicted octanol–water partition coefficient (Wildman–Crippen LogP) is 2.75. The third kappa shape index (κ3) is 5.02. The summed E-state index contributed by atoms with van der Waals surface area (Å²) in [4.78, 5) is 22.9. The van der Waals surface area contributed by atoms with Crippen molar-refractivity contribution in [1.82, 2.24) is 10.6 Å². The molecule has 0 radical (unpaired) electrons. The average molecular weight is 284 g/mol. The highest BCUT2D eigenvalue weighted by Gasteiger charge is 2.25. The van der Waals surface area contributed by atoms with Crippen molar-refractivity contribution in [3.63, 3.8) is 0 Å². The third-order valence-corrected chi connectivity index (χ3v) is 4.47. The van der Waals surface area contributed by atoms with Gasteiger partial charge in [0.2, 0.25) is 0 Å². The number of rotatable bonds is 6. The molecule has 1 aliphatic carbocycles. The first kappa shape index (κ1) is 16.8. The lowest BCUT2D eigenvalue weighted by Crippen LogP contribution is -2.50. The molecular formula is C15H28N2O3. The van der Waals surface area contributed by atoms with E-state index in [1.807, 2.05) is 0 Å². The summed E-state index contributed by atoms with van der Waals surface area (Å²) >= 11 is 0. The molecule has 0 aromatic carbocycles. The van der Waals surface area contributed by atoms with Gasteiger partial charge in [-0.15, -0.1) is 0 Å². The van der Waals surface area contributed by atoms with Crippen LogP contribution in [0.2, 0.25) is 0 Å². The van der Waals surface area contributed by atoms with Crippen LogP contribution >= 0.6 is 0 Å². The van der Waals surface area contributed by atoms with Gasteiger partial charge in [-0.25, -0.2) is 4.79 Å². The number of amides is 2. The van der Waals surface area contributed by atoms with Crippen LogP contribution in [-0.2, 0) is 4.79 Å². The number of carboxylic acids is 1. The van der Waals surface area contributed by atoms with Gasteiger partial charge in [0.05, 0.1) is 5.92 Å². The highest BCUT2D eigenvalue weighted by atomic mass is 16.4. The van der Waals surface area contributed by atoms with Gasteiger partial charge in [0, 0.05) is 12.1 Å². The molecule has 3 atom stereocenters. The minimum atomic E-state index is -0.892. The molecule has 0 heterocycles. The minimum Gasteiger partial charge on any atom is -0.481 e. The Hall–Kier alpha value is -1.26. The lowest BCUT2D eigenvalue weighted by molar-refractivity contribution is -0.141. The van der Waals surface area contributed by atoms with Crippen molar-refractivity contribution in [3.8, 4) is 0 Å². The van der Waals surface area contributed by atoms with Crippen LogP contribution < -0.4 is 10.6 Å². The Morgan fingerprint density at radius 3 is 2.25 bits per heavy atom. The fraction of sp³-hybridized carbons (Fsp3) is 0.867. The van der Waals surface area contributed by atoms with E-state index >= 15 is 0 Å². The largest absolute Gasteiger partial charge is 0.481 e. The smallest absolute Gasteiger partial charge is 0.315 e. The van der Waals surface area contributed by atoms with E-state index in [1.165, 1.54) is 32.1 Å². The molecule has 0 aromatic rings. The second kappa shape index (κ2) is 8.12. The number of carbonyl (C=O) groups excluding carboxylic acids is 1. The highest BCUT2D eigenvalue weighted by molar-refractivity contribution is 5.76. The summed E-state index contributed by atoms with van der Waals surface area (Å²) in [5, 5.41) is 14.7. The summed E-state index contributed by atoms with van der Waals surface area (Å²) < 4.78 is 0. The zero-order valence-corrected chi connectivity index (χ0v) is 12.8. The Bertz CT molecular complexity index is 327. The summed E-state index contributed by atoms with van der Waals surface area (Å²) in [5.41, 5.74) is 0. The van der Waals surface area contributed by atoms with Gasteiger partial charge in [0.1, 0.15) is 0 Å². The van der Waals surface area contributed by atoms with E-state index in [2.05, 4.69) is 17.6 Å². The van der Waals surface area contributed by atoms with Crippen molar-refractivity contribution in [2.24, 2.45) is 11.8 Å². The van der Waals surface area contributed by atoms with Crippen LogP contribution in [0.5, 0.6) is 0 Å². The van der Waals surface area contributed by atoms with E-state index in [9.17, 15) is 9.59 Å². The Labute approximate surface area is 121 Å². The summed E-state index contributed by atoms with van der Waals surface area (Å²) in [5.74, 6) is -0.917. The molecule has 5 nitrogen and oxygen atoms in total. The molecule has 0 bridgehead atoms. The van der Waals surface area contributed by atoms with Crippen LogP contribution in [0.4, 0.5) is 4.79 Å². The van der Waals surface area contributed by atoms with E-state index < -0.39 is 11.9 Å². The van der Waals surface area contributed by atoms with Crippen LogP contribution in [0.15, 0.2) is 0 Å². The quantitative estimate of drug-likeness (QED) is 0.701. The molecule has 0 spiro atoms. The maximum absolute atomic E-state index is 12.0. The van der Waals surface area contributed by atoms with Crippen LogP contribution in [0, 0.1) is 11.8 Å². The molecule has 1 rings (SSSR count). The molecule has 1 aliphatic rings. The van der Waals surface area contributed by atoms with Crippen LogP contribution in [-0.4, -0.2) is 29.2 Å². The maximum Gasteiger partial charge on any atom is 0.315 e. The van der Waals surface area contributed by atoms with Crippen molar-refractivity contribution in [2.45, 2.75) is 71.4 Å². The van der Waals surface area contributed by atoms with E-state index in [1.54, 1.807) is 13.8 Å². The van der Waals surface area contributed by atoms with Crippen molar-refractivity contribution in [1.29, 1.82) is 0 Å². The SMILES string of the molecule is CCC(NC(=O)NC(C)C(C)C(=O)O)C1CCCCC1. The molecular weight excluding hydrogens is 256 g/mol. The number of nitrogens with one attached hydrogen (secondary N) is 2. The van der Waals surface area contributed by atoms with Crippen molar-refractivity contribution in [3.05, 3.63) is 0 Å². The van der Waals surface area contributed by atoms with E-state index in [0.717, 1.165) is 6.42 Å². The van der Waals surface area contributed by atoms with Crippen molar-refractivity contribution in [2.75, 3.05) is 0 Å². The second-order valence-electron chi connectivity index (χ2n) is 5.95. The molecule has 2 amide bonds. The molecule has 0 aliphatic heterocycles. The molecule has 116 valence electrons. The molecule has 3 unspecified atom stereocenters. The molecule has 0 saturated heterocycles. The standard InChI is InChI=1S/C15H28N2O3/c1-4-13(12-8-6-5-7-9-12)17-15(20)16-11(3)10(2)14(18)19/h10-13H,4-9H2,1-3H3,(H,18,19)(H2,16,17,20). The first-order valence-electron chi connectivity index (χ1n) is 7.75. The fourth-order valence-electron chi connectivity index (χ4n) is 2.85. The first-order chi connectivity index (χ1) is 9.45. The van der Waals surface area contributed by atoms with Crippen molar-refractivity contribution < 1.29 is 14.7 Å². The van der Waals surface area contributed by atoms with Crippen LogP contribution in [0.25, 0.3) is 0 Å². The Morgan fingerprint density at radius 2 is 1.75 bits per heavy atom. The predicted molar refractivity (Wildman–Crippen MR) is 78.6 cm³/mol. The fourth-order valence-corrected chi connectivity index (χ4v) is 2.85. The second-order valence-corrected chi connectivity index (χ2v) is 5.95. The molecule has 5 heteroatoms. The average Bonchev–Trinajstić information content (AvgIpc) is 2.44. The maximum atomic E-state index is 12.0. The van der Waals surface area contributed by atoms with Crippen LogP contribution in [0.3, 0.4) is 0 Å². The zero-order valence-electron chi connectivity index (χ0n) is 12.8. The van der Waals surface area contributed by atoms with E-state index in [0.29, 0.717) is 5.92 Å². The molecule has 1 fully saturated rings. The Balaban J connectivity index is 2.44. The van der Waals surface area contributed by atoms with Crippen LogP contribution in [0.1, 0.15) is 59.3 Å². The zero-order chi connectivity index (χ0) is 15.1. The van der Waals surface area contributed by atoms with Crippen molar-refractivity contribution >= 4 is 12.0 Å². The highest BCUT2D eigenvalue weighted by Crippen LogP contribution is 2.27. The van der Waals surface area contributed by atoms with Gasteiger partial charge in [-0.3, -0.25) is 4.79 Å². The monoisotopic (exact) mass is 284 g/mol. The number of urea groups is 1. The first-order valence-corrected chi connectivity index (χ1v) is 7.75. The molecule has 3 N–H and O–H groups in total. The third-order valence-electron chi connectivity index (χ3n) is 4.47. The van der Waals surface area contributed by atoms with E-state index in [4.69, 9.17) is 5.11 Å². The number of hydrogen-bond donors (Lipinski definition) is 3. The Morgan fingerprint density at radius 1 is 1.15 bits per heavy atom. The lowest BCUT2D eigenvalue weighted by atomic mass is 9.83. The normalized spacial score (nSPS) is 20.8. The summed E-state index contributed by atoms with van der Waals surface area (Å²) in [7, 11) is 0. The summed E-state index contributed by atoms with van der Waals surface area (Å²) in [6, 6.07) is -0.429. The van der Waals surface area contributed by atoms with Gasteiger partial charge in [-0.1, -0.05) is 26.2 Å². The van der Waals surface area contributed by atoms with Gasteiger partial charge in [0.25, 0.3) is 0 Å². The number of aliphatic carboxylic acids is 1. The Kier molecular flexibility index (Phi) is 6.82. The van der Waals surface area contributed by atoms with Gasteiger partial charge < -0.3 is 15.7 Å². The van der Waals surface area contributed by atoms with Gasteiger partial charge in [-0.2, -0.15) is 0 Å². The van der Waals surface area contributed by atoms with Gasteiger partial charge >= 0.3 is 12.0 Å². The molecule has 20 heavy (non-hydrogen) atoms. The molecule has 1 saturated carbocycles. The van der Waals surface area contributed by atoms with E-state index in [-0.39, 0.29) is 18.1 Å².